The summed E-state index contributed by atoms with van der Waals surface area (Å²) in [4.78, 5) is 22.2. The Morgan fingerprint density at radius 2 is 2.12 bits per heavy atom. The van der Waals surface area contributed by atoms with E-state index in [0.717, 1.165) is 0 Å². The van der Waals surface area contributed by atoms with Gasteiger partial charge in [0.15, 0.2) is 0 Å². The van der Waals surface area contributed by atoms with Gasteiger partial charge in [-0.15, -0.1) is 0 Å². The fourth-order valence-electron chi connectivity index (χ4n) is 0.879. The van der Waals surface area contributed by atoms with Crippen LogP contribution in [0, 0.1) is 11.3 Å². The highest BCUT2D eigenvalue weighted by Gasteiger charge is 2.11. The average Bonchev–Trinajstić information content (AvgIpc) is 2.34. The second-order valence-electron chi connectivity index (χ2n) is 2.74. The first kappa shape index (κ1) is 11.6. The van der Waals surface area contributed by atoms with E-state index in [-0.39, 0.29) is 13.1 Å². The van der Waals surface area contributed by atoms with Crippen LogP contribution in [0.4, 0.5) is 0 Å². The number of carbonyl (C=O) groups excluding carboxylic acids is 2. The van der Waals surface area contributed by atoms with E-state index in [2.05, 4.69) is 20.8 Å². The molecule has 0 radical (unpaired) electrons. The van der Waals surface area contributed by atoms with Gasteiger partial charge in [0.1, 0.15) is 6.54 Å². The Labute approximate surface area is 91.5 Å². The van der Waals surface area contributed by atoms with E-state index in [4.69, 9.17) is 5.26 Å². The molecule has 7 nitrogen and oxygen atoms in total. The smallest absolute Gasteiger partial charge is 0.310 e. The maximum Gasteiger partial charge on any atom is 0.310 e. The molecule has 0 atom stereocenters. The molecule has 0 aliphatic heterocycles. The van der Waals surface area contributed by atoms with Crippen LogP contribution in [0.25, 0.3) is 0 Å². The van der Waals surface area contributed by atoms with Gasteiger partial charge in [0.2, 0.25) is 0 Å². The molecule has 0 saturated carbocycles. The number of nitrogens with one attached hydrogen (secondary N) is 2. The lowest BCUT2D eigenvalue weighted by Gasteiger charge is -2.02. The Morgan fingerprint density at radius 3 is 2.75 bits per heavy atom. The van der Waals surface area contributed by atoms with Crippen molar-refractivity contribution in [2.75, 3.05) is 6.54 Å². The highest BCUT2D eigenvalue weighted by Crippen LogP contribution is 1.89. The highest BCUT2D eigenvalue weighted by atomic mass is 16.2. The van der Waals surface area contributed by atoms with E-state index in [0.29, 0.717) is 5.69 Å². The van der Waals surface area contributed by atoms with Gasteiger partial charge in [-0.25, -0.2) is 0 Å². The summed E-state index contributed by atoms with van der Waals surface area (Å²) in [5.41, 5.74) is 0.545. The van der Waals surface area contributed by atoms with Crippen LogP contribution < -0.4 is 10.6 Å². The van der Waals surface area contributed by atoms with Gasteiger partial charge >= 0.3 is 11.8 Å². The van der Waals surface area contributed by atoms with Crippen molar-refractivity contribution in [1.29, 1.82) is 5.26 Å². The minimum atomic E-state index is -0.842. The van der Waals surface area contributed by atoms with E-state index in [1.54, 1.807) is 18.2 Å². The number of amides is 2. The zero-order valence-electron chi connectivity index (χ0n) is 8.30. The highest BCUT2D eigenvalue weighted by molar-refractivity contribution is 6.35. The van der Waals surface area contributed by atoms with Crippen molar-refractivity contribution in [2.45, 2.75) is 6.54 Å². The van der Waals surface area contributed by atoms with Crippen LogP contribution in [0.3, 0.4) is 0 Å². The van der Waals surface area contributed by atoms with E-state index in [9.17, 15) is 9.59 Å². The van der Waals surface area contributed by atoms with Crippen LogP contribution >= 0.6 is 0 Å². The minimum Gasteiger partial charge on any atom is -0.342 e. The maximum atomic E-state index is 11.1. The van der Waals surface area contributed by atoms with Crippen molar-refractivity contribution in [3.05, 3.63) is 24.0 Å². The number of aromatic nitrogens is 2. The number of nitriles is 1. The maximum absolute atomic E-state index is 11.1. The summed E-state index contributed by atoms with van der Waals surface area (Å²) in [6.45, 7) is -0.0793. The Balaban J connectivity index is 2.36. The van der Waals surface area contributed by atoms with Gasteiger partial charge in [-0.1, -0.05) is 0 Å². The first-order valence-corrected chi connectivity index (χ1v) is 4.43. The van der Waals surface area contributed by atoms with Gasteiger partial charge in [0.25, 0.3) is 0 Å². The van der Waals surface area contributed by atoms with Crippen LogP contribution in [-0.2, 0) is 16.1 Å². The van der Waals surface area contributed by atoms with Crippen LogP contribution in [0.1, 0.15) is 5.69 Å². The van der Waals surface area contributed by atoms with Crippen molar-refractivity contribution < 1.29 is 9.59 Å². The van der Waals surface area contributed by atoms with E-state index < -0.39 is 11.8 Å². The monoisotopic (exact) mass is 219 g/mol. The normalized spacial score (nSPS) is 8.94. The molecule has 7 heteroatoms. The third-order valence-corrected chi connectivity index (χ3v) is 1.59. The SMILES string of the molecule is N#CCNC(=O)C(=O)NCc1cccnn1. The van der Waals surface area contributed by atoms with Gasteiger partial charge in [-0.3, -0.25) is 9.59 Å². The van der Waals surface area contributed by atoms with E-state index >= 15 is 0 Å². The van der Waals surface area contributed by atoms with Gasteiger partial charge in [-0.05, 0) is 12.1 Å². The molecule has 2 N–H and O–H groups in total. The fourth-order valence-corrected chi connectivity index (χ4v) is 0.879. The fraction of sp³-hybridized carbons (Fsp3) is 0.222. The molecule has 0 aromatic carbocycles. The first-order chi connectivity index (χ1) is 7.74. The summed E-state index contributed by atoms with van der Waals surface area (Å²) in [5, 5.41) is 20.0. The van der Waals surface area contributed by atoms with Crippen molar-refractivity contribution in [3.63, 3.8) is 0 Å². The Hall–Kier alpha value is -2.49. The Morgan fingerprint density at radius 1 is 1.38 bits per heavy atom. The molecular formula is C9H9N5O2. The van der Waals surface area contributed by atoms with Gasteiger partial charge in [0, 0.05) is 6.20 Å². The molecule has 16 heavy (non-hydrogen) atoms. The number of nitrogens with zero attached hydrogens (tertiary/aromatic N) is 3. The zero-order chi connectivity index (χ0) is 11.8. The van der Waals surface area contributed by atoms with Crippen LogP contribution in [0.2, 0.25) is 0 Å². The second-order valence-corrected chi connectivity index (χ2v) is 2.74. The molecule has 1 aromatic heterocycles. The summed E-state index contributed by atoms with van der Waals surface area (Å²) in [6, 6.07) is 5.03. The molecule has 0 aliphatic rings. The van der Waals surface area contributed by atoms with Crippen LogP contribution in [0.15, 0.2) is 18.3 Å². The van der Waals surface area contributed by atoms with Gasteiger partial charge in [0.05, 0.1) is 18.3 Å². The first-order valence-electron chi connectivity index (χ1n) is 4.43. The lowest BCUT2D eigenvalue weighted by Crippen LogP contribution is -2.39. The quantitative estimate of drug-likeness (QED) is 0.487. The third-order valence-electron chi connectivity index (χ3n) is 1.59. The molecule has 0 fully saturated rings. The van der Waals surface area contributed by atoms with Crippen LogP contribution in [0.5, 0.6) is 0 Å². The Bertz CT molecular complexity index is 412. The minimum absolute atomic E-state index is 0.118. The van der Waals surface area contributed by atoms with E-state index in [1.165, 1.54) is 6.20 Å². The topological polar surface area (TPSA) is 108 Å². The Kier molecular flexibility index (Phi) is 4.40. The number of hydrogen-bond donors (Lipinski definition) is 2. The van der Waals surface area contributed by atoms with Gasteiger partial charge < -0.3 is 10.6 Å². The van der Waals surface area contributed by atoms with Crippen molar-refractivity contribution in [3.8, 4) is 6.07 Å². The molecule has 1 aromatic rings. The molecule has 0 unspecified atom stereocenters. The lowest BCUT2D eigenvalue weighted by molar-refractivity contribution is -0.139. The summed E-state index contributed by atoms with van der Waals surface area (Å²) in [6.07, 6.45) is 1.50. The molecule has 82 valence electrons. The summed E-state index contributed by atoms with van der Waals surface area (Å²) < 4.78 is 0. The van der Waals surface area contributed by atoms with Crippen molar-refractivity contribution in [1.82, 2.24) is 20.8 Å². The largest absolute Gasteiger partial charge is 0.342 e. The van der Waals surface area contributed by atoms with Gasteiger partial charge in [-0.2, -0.15) is 15.5 Å². The summed E-state index contributed by atoms with van der Waals surface area (Å²) in [7, 11) is 0. The molecule has 0 saturated heterocycles. The summed E-state index contributed by atoms with van der Waals surface area (Å²) >= 11 is 0. The van der Waals surface area contributed by atoms with E-state index in [1.807, 2.05) is 0 Å². The van der Waals surface area contributed by atoms with Crippen LogP contribution in [-0.4, -0.2) is 28.6 Å². The zero-order valence-corrected chi connectivity index (χ0v) is 8.30. The lowest BCUT2D eigenvalue weighted by atomic mass is 10.4. The molecular weight excluding hydrogens is 210 g/mol. The standard InChI is InChI=1S/C9H9N5O2/c10-3-5-11-8(15)9(16)12-6-7-2-1-4-13-14-7/h1-2,4H,5-6H2,(H,11,15)(H,12,16). The predicted octanol–water partition coefficient (Wildman–Crippen LogP) is -1.27. The molecule has 0 bridgehead atoms. The molecule has 1 heterocycles. The molecule has 1 rings (SSSR count). The third kappa shape index (κ3) is 3.71. The molecule has 0 aliphatic carbocycles. The summed E-state index contributed by atoms with van der Waals surface area (Å²) in [5.74, 6) is -1.65. The predicted molar refractivity (Wildman–Crippen MR) is 52.5 cm³/mol. The number of carbonyl (C=O) groups is 2. The van der Waals surface area contributed by atoms with Crippen molar-refractivity contribution >= 4 is 11.8 Å². The number of hydrogen-bond acceptors (Lipinski definition) is 5. The number of rotatable bonds is 3. The second kappa shape index (κ2) is 6.08. The average molecular weight is 219 g/mol. The molecule has 0 spiro atoms. The van der Waals surface area contributed by atoms with Crippen molar-refractivity contribution in [2.24, 2.45) is 0 Å². The molecule has 2 amide bonds.